The number of fused-ring (bicyclic) bond motifs is 1. The average molecular weight is 691 g/mol. The Morgan fingerprint density at radius 3 is 2.45 bits per heavy atom. The van der Waals surface area contributed by atoms with E-state index in [1.807, 2.05) is 26.1 Å². The number of aryl methyl sites for hydroxylation is 2. The first kappa shape index (κ1) is 35.4. The zero-order valence-electron chi connectivity index (χ0n) is 28.1. The van der Waals surface area contributed by atoms with E-state index in [-0.39, 0.29) is 57.7 Å². The summed E-state index contributed by atoms with van der Waals surface area (Å²) in [4.78, 5) is 30.2. The summed E-state index contributed by atoms with van der Waals surface area (Å²) in [7, 11) is -2.23. The van der Waals surface area contributed by atoms with E-state index >= 15 is 0 Å². The second kappa shape index (κ2) is 14.7. The van der Waals surface area contributed by atoms with Crippen molar-refractivity contribution in [2.24, 2.45) is 5.92 Å². The monoisotopic (exact) mass is 690 g/mol. The molecule has 0 saturated heterocycles. The lowest BCUT2D eigenvalue weighted by molar-refractivity contribution is 0.0344. The number of aliphatic hydroxyl groups excluding tert-OH is 1. The normalized spacial score (nSPS) is 17.1. The second-order valence-corrected chi connectivity index (χ2v) is 14.1. The largest absolute Gasteiger partial charge is 0.486 e. The van der Waals surface area contributed by atoms with Gasteiger partial charge in [-0.05, 0) is 69.8 Å². The molecule has 0 fully saturated rings. The van der Waals surface area contributed by atoms with Crippen LogP contribution in [0.2, 0.25) is 0 Å². The van der Waals surface area contributed by atoms with Crippen LogP contribution in [0.3, 0.4) is 0 Å². The Balaban J connectivity index is 1.38. The Kier molecular flexibility index (Phi) is 10.6. The molecule has 0 saturated carbocycles. The molecule has 2 amide bonds. The summed E-state index contributed by atoms with van der Waals surface area (Å²) in [5.41, 5.74) is 8.88. The van der Waals surface area contributed by atoms with Gasteiger partial charge in [0.2, 0.25) is 0 Å². The third kappa shape index (κ3) is 7.88. The third-order valence-electron chi connectivity index (χ3n) is 8.54. The van der Waals surface area contributed by atoms with Crippen molar-refractivity contribution in [3.63, 3.8) is 0 Å². The molecule has 1 aromatic heterocycles. The Hall–Kier alpha value is -4.92. The van der Waals surface area contributed by atoms with E-state index in [9.17, 15) is 23.1 Å². The molecule has 1 aliphatic heterocycles. The highest BCUT2D eigenvalue weighted by Crippen LogP contribution is 2.36. The molecule has 4 aromatic rings. The Morgan fingerprint density at radius 1 is 1.10 bits per heavy atom. The first-order valence-corrected chi connectivity index (χ1v) is 17.4. The fourth-order valence-corrected chi connectivity index (χ4v) is 7.24. The number of nitrogens with two attached hydrogens (primary N) is 1. The number of likely N-dealkylation sites (N-methyl/N-ethyl adjacent to an activating group) is 1. The molecule has 0 bridgehead atoms. The Bertz CT molecular complexity index is 1910. The summed E-state index contributed by atoms with van der Waals surface area (Å²) in [6.45, 7) is 7.75. The van der Waals surface area contributed by atoms with Crippen LogP contribution in [-0.2, 0) is 16.6 Å². The van der Waals surface area contributed by atoms with Crippen LogP contribution in [0.4, 0.5) is 17.1 Å². The number of nitrogens with zero attached hydrogens (tertiary/aromatic N) is 3. The van der Waals surface area contributed by atoms with E-state index < -0.39 is 22.2 Å². The number of nitrogen functional groups attached to an aromatic ring is 1. The van der Waals surface area contributed by atoms with Crippen molar-refractivity contribution < 1.29 is 32.4 Å². The van der Waals surface area contributed by atoms with Gasteiger partial charge in [-0.3, -0.25) is 19.2 Å². The Labute approximate surface area is 286 Å². The number of para-hydroxylation sites is 3. The summed E-state index contributed by atoms with van der Waals surface area (Å²) in [5, 5.41) is 16.6. The van der Waals surface area contributed by atoms with Gasteiger partial charge in [0.05, 0.1) is 35.3 Å². The first-order chi connectivity index (χ1) is 23.3. The van der Waals surface area contributed by atoms with Gasteiger partial charge in [0, 0.05) is 31.1 Å². The standard InChI is InChI=1S/C35H42N6O7S/c1-21-17-41(22(2)20-42)35(44)27-9-8-12-30(39-49(45,46)33-23(3)38-48-24(33)4)32(27)47-31(21)19-40(5)18-25-13-15-26(16-14-25)34(43)37-29-11-7-6-10-28(29)36/h6-16,21-22,31,39,42H,17-20,36H2,1-5H3,(H,37,43)/t21-,22+,31-/m0/s1. The number of amides is 2. The maximum atomic E-state index is 13.8. The summed E-state index contributed by atoms with van der Waals surface area (Å²) in [5.74, 6) is -0.640. The zero-order chi connectivity index (χ0) is 35.5. The smallest absolute Gasteiger partial charge is 0.267 e. The molecule has 0 aliphatic carbocycles. The van der Waals surface area contributed by atoms with Crippen molar-refractivity contribution in [3.05, 3.63) is 94.9 Å². The van der Waals surface area contributed by atoms with Crippen LogP contribution >= 0.6 is 0 Å². The lowest BCUT2D eigenvalue weighted by Crippen LogP contribution is -2.49. The summed E-state index contributed by atoms with van der Waals surface area (Å²) >= 11 is 0. The summed E-state index contributed by atoms with van der Waals surface area (Å²) in [6, 6.07) is 18.5. The number of aromatic nitrogens is 1. The number of carbonyl (C=O) groups is 2. The van der Waals surface area contributed by atoms with Gasteiger partial charge in [-0.15, -0.1) is 0 Å². The van der Waals surface area contributed by atoms with Crippen molar-refractivity contribution in [2.75, 3.05) is 42.5 Å². The number of ether oxygens (including phenoxy) is 1. The third-order valence-corrected chi connectivity index (χ3v) is 10.2. The molecule has 5 N–H and O–H groups in total. The predicted octanol–water partition coefficient (Wildman–Crippen LogP) is 4.28. The maximum absolute atomic E-state index is 13.8. The number of anilines is 3. The van der Waals surface area contributed by atoms with Crippen LogP contribution < -0.4 is 20.5 Å². The minimum Gasteiger partial charge on any atom is -0.486 e. The number of rotatable bonds is 11. The number of hydrogen-bond donors (Lipinski definition) is 4. The molecule has 49 heavy (non-hydrogen) atoms. The molecular weight excluding hydrogens is 648 g/mol. The lowest BCUT2D eigenvalue weighted by Gasteiger charge is -2.38. The zero-order valence-corrected chi connectivity index (χ0v) is 29.0. The highest BCUT2D eigenvalue weighted by atomic mass is 32.2. The molecule has 5 rings (SSSR count). The van der Waals surface area contributed by atoms with Gasteiger partial charge >= 0.3 is 0 Å². The molecule has 3 atom stereocenters. The molecule has 13 nitrogen and oxygen atoms in total. The van der Waals surface area contributed by atoms with Crippen molar-refractivity contribution >= 4 is 38.9 Å². The van der Waals surface area contributed by atoms with Gasteiger partial charge in [-0.2, -0.15) is 0 Å². The van der Waals surface area contributed by atoms with Crippen LogP contribution in [0, 0.1) is 19.8 Å². The molecule has 1 aliphatic rings. The van der Waals surface area contributed by atoms with Gasteiger partial charge in [0.1, 0.15) is 11.8 Å². The molecule has 260 valence electrons. The first-order valence-electron chi connectivity index (χ1n) is 15.9. The molecule has 0 spiro atoms. The summed E-state index contributed by atoms with van der Waals surface area (Å²) in [6.07, 6.45) is -0.489. The van der Waals surface area contributed by atoms with E-state index in [0.29, 0.717) is 36.6 Å². The van der Waals surface area contributed by atoms with Crippen molar-refractivity contribution in [1.29, 1.82) is 0 Å². The number of hydrogen-bond acceptors (Lipinski definition) is 10. The number of nitrogens with one attached hydrogen (secondary N) is 2. The highest BCUT2D eigenvalue weighted by molar-refractivity contribution is 7.92. The maximum Gasteiger partial charge on any atom is 0.267 e. The molecule has 0 unspecified atom stereocenters. The molecule has 3 aromatic carbocycles. The van der Waals surface area contributed by atoms with Gasteiger partial charge < -0.3 is 30.3 Å². The minimum atomic E-state index is -4.16. The van der Waals surface area contributed by atoms with E-state index in [1.54, 1.807) is 66.4 Å². The van der Waals surface area contributed by atoms with E-state index in [4.69, 9.17) is 15.0 Å². The fraction of sp³-hybridized carbons (Fsp3) is 0.343. The molecule has 0 radical (unpaired) electrons. The Morgan fingerprint density at radius 2 is 1.80 bits per heavy atom. The minimum absolute atomic E-state index is 0.0878. The molecule has 14 heteroatoms. The lowest BCUT2D eigenvalue weighted by atomic mass is 9.99. The van der Waals surface area contributed by atoms with Gasteiger partial charge in [-0.1, -0.05) is 42.4 Å². The van der Waals surface area contributed by atoms with Gasteiger partial charge in [-0.25, -0.2) is 8.42 Å². The van der Waals surface area contributed by atoms with Gasteiger partial charge in [0.15, 0.2) is 16.4 Å². The van der Waals surface area contributed by atoms with Crippen LogP contribution in [0.1, 0.15) is 51.6 Å². The second-order valence-electron chi connectivity index (χ2n) is 12.5. The van der Waals surface area contributed by atoms with Crippen molar-refractivity contribution in [2.45, 2.75) is 51.3 Å². The van der Waals surface area contributed by atoms with Crippen LogP contribution in [0.5, 0.6) is 5.75 Å². The quantitative estimate of drug-likeness (QED) is 0.166. The number of sulfonamides is 1. The van der Waals surface area contributed by atoms with Crippen molar-refractivity contribution in [1.82, 2.24) is 15.0 Å². The van der Waals surface area contributed by atoms with Crippen LogP contribution in [0.15, 0.2) is 76.1 Å². The average Bonchev–Trinajstić information content (AvgIpc) is 3.42. The van der Waals surface area contributed by atoms with E-state index in [1.165, 1.54) is 13.8 Å². The number of benzene rings is 3. The number of carbonyl (C=O) groups excluding carboxylic acids is 2. The van der Waals surface area contributed by atoms with E-state index in [2.05, 4.69) is 20.1 Å². The fourth-order valence-electron chi connectivity index (χ4n) is 5.85. The number of aliphatic hydroxyl groups is 1. The highest BCUT2D eigenvalue weighted by Gasteiger charge is 2.35. The van der Waals surface area contributed by atoms with Crippen LogP contribution in [-0.4, -0.2) is 79.2 Å². The topological polar surface area (TPSA) is 180 Å². The SMILES string of the molecule is Cc1noc(C)c1S(=O)(=O)Nc1cccc2c1O[C@@H](CN(C)Cc1ccc(C(=O)Nc3ccccc3N)cc1)[C@@H](C)CN([C@H](C)CO)C2=O. The molecule has 2 heterocycles. The van der Waals surface area contributed by atoms with Gasteiger partial charge in [0.25, 0.3) is 21.8 Å². The molecular formula is C35H42N6O7S. The van der Waals surface area contributed by atoms with Crippen molar-refractivity contribution in [3.8, 4) is 5.75 Å². The predicted molar refractivity (Wildman–Crippen MR) is 186 cm³/mol. The van der Waals surface area contributed by atoms with E-state index in [0.717, 1.165) is 5.56 Å². The summed E-state index contributed by atoms with van der Waals surface area (Å²) < 4.78 is 41.3. The van der Waals surface area contributed by atoms with Crippen LogP contribution in [0.25, 0.3) is 0 Å².